The number of hydrogen-bond donors (Lipinski definition) is 3. The molecule has 0 amide bonds. The molecule has 1 aromatic heterocycles. The summed E-state index contributed by atoms with van der Waals surface area (Å²) in [5.74, 6) is -0.853. The van der Waals surface area contributed by atoms with Gasteiger partial charge >= 0.3 is 5.97 Å². The Labute approximate surface area is 186 Å². The van der Waals surface area contributed by atoms with Crippen molar-refractivity contribution in [3.05, 3.63) is 64.1 Å². The van der Waals surface area contributed by atoms with E-state index in [-0.39, 0.29) is 11.8 Å². The number of carbonyl (C=O) groups is 1. The lowest BCUT2D eigenvalue weighted by molar-refractivity contribution is 0.0600. The van der Waals surface area contributed by atoms with E-state index in [0.717, 1.165) is 11.8 Å². The molecular formula is C20H17Cl2N3O4S. The molecule has 0 unspecified atom stereocenters. The summed E-state index contributed by atoms with van der Waals surface area (Å²) in [5, 5.41) is 25.4. The van der Waals surface area contributed by atoms with Crippen molar-refractivity contribution >= 4 is 51.8 Å². The van der Waals surface area contributed by atoms with Crippen LogP contribution in [0, 0.1) is 0 Å². The van der Waals surface area contributed by atoms with Crippen LogP contribution in [0.4, 0.5) is 5.69 Å². The number of benzene rings is 2. The van der Waals surface area contributed by atoms with Gasteiger partial charge < -0.3 is 20.3 Å². The summed E-state index contributed by atoms with van der Waals surface area (Å²) >= 11 is 13.3. The largest absolute Gasteiger partial charge is 0.494 e. The van der Waals surface area contributed by atoms with Gasteiger partial charge in [-0.25, -0.2) is 4.79 Å². The highest BCUT2D eigenvalue weighted by Crippen LogP contribution is 2.39. The van der Waals surface area contributed by atoms with Crippen LogP contribution in [0.1, 0.15) is 10.4 Å². The zero-order valence-corrected chi connectivity index (χ0v) is 18.2. The molecular weight excluding hydrogens is 449 g/mol. The van der Waals surface area contributed by atoms with Gasteiger partial charge in [0.25, 0.3) is 0 Å². The van der Waals surface area contributed by atoms with E-state index in [1.807, 2.05) is 0 Å². The van der Waals surface area contributed by atoms with Gasteiger partial charge in [-0.3, -0.25) is 9.56 Å². The Bertz CT molecular complexity index is 1110. The predicted octanol–water partition coefficient (Wildman–Crippen LogP) is 5.17. The lowest BCUT2D eigenvalue weighted by atomic mass is 10.2. The Hall–Kier alpha value is -2.81. The summed E-state index contributed by atoms with van der Waals surface area (Å²) in [6.45, 7) is 0. The van der Waals surface area contributed by atoms with Crippen molar-refractivity contribution in [1.82, 2.24) is 4.57 Å². The van der Waals surface area contributed by atoms with E-state index < -0.39 is 5.97 Å². The van der Waals surface area contributed by atoms with Gasteiger partial charge in [0, 0.05) is 18.1 Å². The lowest BCUT2D eigenvalue weighted by Gasteiger charge is -2.11. The molecule has 0 aliphatic rings. The summed E-state index contributed by atoms with van der Waals surface area (Å²) in [6, 6.07) is 12.6. The third-order valence-corrected chi connectivity index (χ3v) is 5.61. The van der Waals surface area contributed by atoms with Crippen LogP contribution in [0.2, 0.25) is 10.0 Å². The van der Waals surface area contributed by atoms with Crippen LogP contribution in [-0.4, -0.2) is 40.1 Å². The highest BCUT2D eigenvalue weighted by atomic mass is 35.5. The fourth-order valence-corrected chi connectivity index (χ4v) is 3.74. The number of nitrogens with one attached hydrogen (secondary N) is 1. The number of methoxy groups -OCH3 is 1. The Morgan fingerprint density at radius 1 is 1.13 bits per heavy atom. The van der Waals surface area contributed by atoms with E-state index in [1.165, 1.54) is 29.9 Å². The third kappa shape index (κ3) is 4.67. The number of amidine groups is 1. The molecule has 7 nitrogen and oxygen atoms in total. The van der Waals surface area contributed by atoms with Gasteiger partial charge in [-0.05, 0) is 54.2 Å². The molecule has 156 valence electrons. The van der Waals surface area contributed by atoms with E-state index in [4.69, 9.17) is 23.2 Å². The Balaban J connectivity index is 1.86. The summed E-state index contributed by atoms with van der Waals surface area (Å²) in [4.78, 5) is 16.1. The topological polar surface area (TPSA) is 96.1 Å². The normalized spacial score (nSPS) is 11.4. The second-order valence-electron chi connectivity index (χ2n) is 5.94. The number of carbonyl (C=O) groups excluding carboxylic acids is 1. The molecule has 10 heteroatoms. The molecule has 0 bridgehead atoms. The number of thioether (sulfide) groups is 1. The van der Waals surface area contributed by atoms with Crippen molar-refractivity contribution < 1.29 is 19.7 Å². The molecule has 0 spiro atoms. The van der Waals surface area contributed by atoms with Crippen LogP contribution >= 0.6 is 35.0 Å². The van der Waals surface area contributed by atoms with Crippen LogP contribution < -0.4 is 5.32 Å². The second-order valence-corrected chi connectivity index (χ2v) is 7.82. The maximum atomic E-state index is 11.6. The van der Waals surface area contributed by atoms with Gasteiger partial charge in [0.1, 0.15) is 0 Å². The van der Waals surface area contributed by atoms with E-state index in [9.17, 15) is 15.0 Å². The van der Waals surface area contributed by atoms with Crippen LogP contribution in [0.5, 0.6) is 11.8 Å². The van der Waals surface area contributed by atoms with Crippen LogP contribution in [0.15, 0.2) is 58.4 Å². The maximum absolute atomic E-state index is 11.6. The summed E-state index contributed by atoms with van der Waals surface area (Å²) in [5.41, 5.74) is 1.37. The second kappa shape index (κ2) is 9.34. The number of aromatic hydroxyl groups is 2. The van der Waals surface area contributed by atoms with Gasteiger partial charge in [0.05, 0.1) is 34.0 Å². The van der Waals surface area contributed by atoms with Gasteiger partial charge in [-0.15, -0.1) is 0 Å². The number of hydrogen-bond acceptors (Lipinski definition) is 6. The number of anilines is 1. The molecule has 0 aliphatic heterocycles. The molecule has 1 heterocycles. The average Bonchev–Trinajstić information content (AvgIpc) is 3.02. The Kier molecular flexibility index (Phi) is 6.81. The summed E-state index contributed by atoms with van der Waals surface area (Å²) in [6.07, 6.45) is 0. The van der Waals surface area contributed by atoms with Crippen molar-refractivity contribution in [2.24, 2.45) is 4.99 Å². The van der Waals surface area contributed by atoms with E-state index in [2.05, 4.69) is 15.0 Å². The first kappa shape index (κ1) is 21.9. The molecule has 0 saturated heterocycles. The molecule has 0 aliphatic carbocycles. The lowest BCUT2D eigenvalue weighted by Crippen LogP contribution is -2.07. The molecule has 2 aromatic carbocycles. The molecule has 0 radical (unpaired) electrons. The molecule has 3 aromatic rings. The number of aliphatic imine (C=N–C) groups is 1. The van der Waals surface area contributed by atoms with Gasteiger partial charge in [0.2, 0.25) is 5.88 Å². The molecule has 30 heavy (non-hydrogen) atoms. The zero-order chi connectivity index (χ0) is 21.8. The highest BCUT2D eigenvalue weighted by molar-refractivity contribution is 8.14. The highest BCUT2D eigenvalue weighted by Gasteiger charge is 2.19. The number of aromatic nitrogens is 1. The van der Waals surface area contributed by atoms with Crippen LogP contribution in [0.25, 0.3) is 5.69 Å². The summed E-state index contributed by atoms with van der Waals surface area (Å²) < 4.78 is 5.91. The first-order valence-corrected chi connectivity index (χ1v) is 10.1. The third-order valence-electron chi connectivity index (χ3n) is 4.05. The Morgan fingerprint density at radius 3 is 2.47 bits per heavy atom. The summed E-state index contributed by atoms with van der Waals surface area (Å²) in [7, 11) is 2.87. The van der Waals surface area contributed by atoms with Gasteiger partial charge in [-0.1, -0.05) is 23.2 Å². The van der Waals surface area contributed by atoms with Crippen molar-refractivity contribution in [1.29, 1.82) is 0 Å². The molecule has 0 atom stereocenters. The van der Waals surface area contributed by atoms with E-state index in [1.54, 1.807) is 37.4 Å². The fraction of sp³-hybridized carbons (Fsp3) is 0.100. The van der Waals surface area contributed by atoms with Crippen molar-refractivity contribution in [3.8, 4) is 17.4 Å². The smallest absolute Gasteiger partial charge is 0.337 e. The first-order valence-electron chi connectivity index (χ1n) is 8.53. The number of nitrogens with zero attached hydrogens (tertiary/aromatic N) is 2. The number of ether oxygens (including phenoxy) is 1. The van der Waals surface area contributed by atoms with Crippen LogP contribution in [0.3, 0.4) is 0 Å². The zero-order valence-electron chi connectivity index (χ0n) is 15.9. The molecule has 0 saturated carbocycles. The molecule has 3 N–H and O–H groups in total. The minimum atomic E-state index is -0.478. The quantitative estimate of drug-likeness (QED) is 0.213. The van der Waals surface area contributed by atoms with Crippen LogP contribution in [-0.2, 0) is 4.74 Å². The number of rotatable bonds is 4. The number of esters is 1. The Morgan fingerprint density at radius 2 is 1.83 bits per heavy atom. The SMILES string of the molecule is CN=C(Nc1cc(Cl)ccc1Cl)Sc1cc(O)n(-c2ccc(C(=O)OC)cc2)c1O. The van der Waals surface area contributed by atoms with Gasteiger partial charge in [-0.2, -0.15) is 0 Å². The standard InChI is InChI=1S/C20H17Cl2N3O4S/c1-23-20(24-15-9-12(21)5-8-14(15)22)30-16-10-17(26)25(18(16)27)13-6-3-11(4-7-13)19(28)29-2/h3-10,26-27H,1-2H3,(H,23,24). The van der Waals surface area contributed by atoms with E-state index >= 15 is 0 Å². The monoisotopic (exact) mass is 465 g/mol. The fourth-order valence-electron chi connectivity index (χ4n) is 2.60. The molecule has 0 fully saturated rings. The predicted molar refractivity (Wildman–Crippen MR) is 120 cm³/mol. The molecule has 3 rings (SSSR count). The minimum Gasteiger partial charge on any atom is -0.494 e. The van der Waals surface area contributed by atoms with Crippen molar-refractivity contribution in [3.63, 3.8) is 0 Å². The van der Waals surface area contributed by atoms with Crippen molar-refractivity contribution in [2.75, 3.05) is 19.5 Å². The first-order chi connectivity index (χ1) is 14.3. The number of halogens is 2. The maximum Gasteiger partial charge on any atom is 0.337 e. The average molecular weight is 466 g/mol. The minimum absolute atomic E-state index is 0.183. The van der Waals surface area contributed by atoms with E-state index in [0.29, 0.717) is 37.0 Å². The van der Waals surface area contributed by atoms with Gasteiger partial charge in [0.15, 0.2) is 11.0 Å². The van der Waals surface area contributed by atoms with Crippen molar-refractivity contribution in [2.45, 2.75) is 4.90 Å².